The molecule has 1 heterocycles. The van der Waals surface area contributed by atoms with Crippen LogP contribution in [0.3, 0.4) is 0 Å². The Morgan fingerprint density at radius 1 is 1.36 bits per heavy atom. The van der Waals surface area contributed by atoms with E-state index in [1.54, 1.807) is 12.1 Å². The Kier molecular flexibility index (Phi) is 5.26. The van der Waals surface area contributed by atoms with Gasteiger partial charge in [0.15, 0.2) is 5.76 Å². The Labute approximate surface area is 138 Å². The average Bonchev–Trinajstić information content (AvgIpc) is 2.91. The molecule has 0 bridgehead atoms. The summed E-state index contributed by atoms with van der Waals surface area (Å²) in [6.07, 6.45) is 0. The fourth-order valence-electron chi connectivity index (χ4n) is 1.68. The summed E-state index contributed by atoms with van der Waals surface area (Å²) >= 11 is 3.38. The molecule has 1 aromatic heterocycles. The van der Waals surface area contributed by atoms with Crippen LogP contribution in [0.1, 0.15) is 30.2 Å². The smallest absolute Gasteiger partial charge is 0.287 e. The molecule has 2 rings (SSSR count). The molecule has 22 heavy (non-hydrogen) atoms. The zero-order valence-corrected chi connectivity index (χ0v) is 14.1. The third-order valence-electron chi connectivity index (χ3n) is 2.77. The van der Waals surface area contributed by atoms with Gasteiger partial charge in [-0.15, -0.1) is 0 Å². The van der Waals surface area contributed by atoms with Gasteiger partial charge in [0, 0.05) is 16.6 Å². The van der Waals surface area contributed by atoms with E-state index < -0.39 is 5.54 Å². The maximum atomic E-state index is 11.9. The minimum absolute atomic E-state index is 0.247. The normalized spacial score (nSPS) is 11.3. The maximum absolute atomic E-state index is 11.9. The molecular weight excluding hydrogens is 348 g/mol. The number of rotatable bonds is 6. The van der Waals surface area contributed by atoms with E-state index in [2.05, 4.69) is 21.2 Å². The Morgan fingerprint density at radius 2 is 2.14 bits per heavy atom. The summed E-state index contributed by atoms with van der Waals surface area (Å²) in [5, 5.41) is 2.73. The fourth-order valence-corrected chi connectivity index (χ4v) is 2.06. The molecule has 0 saturated heterocycles. The third kappa shape index (κ3) is 5.20. The maximum Gasteiger partial charge on any atom is 0.287 e. The first-order valence-corrected chi connectivity index (χ1v) is 7.67. The van der Waals surface area contributed by atoms with Gasteiger partial charge in [0.05, 0.1) is 0 Å². The Morgan fingerprint density at radius 3 is 2.82 bits per heavy atom. The fraction of sp³-hybridized carbons (Fsp3) is 0.312. The number of carbonyl (C=O) groups excluding carboxylic acids is 1. The van der Waals surface area contributed by atoms with Gasteiger partial charge in [-0.3, -0.25) is 4.79 Å². The molecule has 6 heteroatoms. The van der Waals surface area contributed by atoms with Crippen LogP contribution in [0.5, 0.6) is 5.75 Å². The second-order valence-electron chi connectivity index (χ2n) is 5.68. The first kappa shape index (κ1) is 16.6. The van der Waals surface area contributed by atoms with Gasteiger partial charge in [-0.25, -0.2) is 0 Å². The van der Waals surface area contributed by atoms with Crippen LogP contribution in [0, 0.1) is 0 Å². The van der Waals surface area contributed by atoms with Crippen molar-refractivity contribution in [1.82, 2.24) is 5.32 Å². The third-order valence-corrected chi connectivity index (χ3v) is 3.26. The van der Waals surface area contributed by atoms with E-state index in [9.17, 15) is 4.79 Å². The highest BCUT2D eigenvalue weighted by Gasteiger charge is 2.16. The molecule has 0 atom stereocenters. The molecule has 0 unspecified atom stereocenters. The van der Waals surface area contributed by atoms with Gasteiger partial charge >= 0.3 is 0 Å². The number of furan rings is 1. The van der Waals surface area contributed by atoms with Crippen LogP contribution in [-0.4, -0.2) is 18.0 Å². The van der Waals surface area contributed by atoms with Gasteiger partial charge in [0.1, 0.15) is 18.1 Å². The van der Waals surface area contributed by atoms with Crippen LogP contribution in [-0.2, 0) is 6.61 Å². The Hall–Kier alpha value is -1.79. The first-order valence-electron chi connectivity index (χ1n) is 6.88. The zero-order valence-electron chi connectivity index (χ0n) is 12.6. The van der Waals surface area contributed by atoms with Crippen LogP contribution in [0.2, 0.25) is 0 Å². The highest BCUT2D eigenvalue weighted by atomic mass is 79.9. The molecule has 0 aliphatic rings. The van der Waals surface area contributed by atoms with Crippen LogP contribution < -0.4 is 15.8 Å². The van der Waals surface area contributed by atoms with Crippen LogP contribution in [0.15, 0.2) is 45.3 Å². The lowest BCUT2D eigenvalue weighted by atomic mass is 10.1. The number of amides is 1. The van der Waals surface area contributed by atoms with Crippen molar-refractivity contribution in [2.45, 2.75) is 26.0 Å². The van der Waals surface area contributed by atoms with Crippen molar-refractivity contribution in [3.8, 4) is 5.75 Å². The predicted octanol–water partition coefficient (Wildman–Crippen LogP) is 3.09. The number of nitrogens with two attached hydrogens (primary N) is 1. The van der Waals surface area contributed by atoms with Crippen LogP contribution >= 0.6 is 15.9 Å². The van der Waals surface area contributed by atoms with E-state index in [0.29, 0.717) is 12.3 Å². The summed E-state index contributed by atoms with van der Waals surface area (Å²) in [5.41, 5.74) is 5.36. The number of carbonyl (C=O) groups is 1. The first-order chi connectivity index (χ1) is 10.3. The van der Waals surface area contributed by atoms with E-state index in [0.717, 1.165) is 10.2 Å². The number of hydrogen-bond donors (Lipinski definition) is 2. The lowest BCUT2D eigenvalue weighted by molar-refractivity contribution is 0.0914. The Balaban J connectivity index is 1.90. The molecule has 0 aliphatic heterocycles. The van der Waals surface area contributed by atoms with Crippen molar-refractivity contribution in [3.63, 3.8) is 0 Å². The van der Waals surface area contributed by atoms with Crippen molar-refractivity contribution < 1.29 is 13.9 Å². The number of nitrogens with one attached hydrogen (secondary N) is 1. The van der Waals surface area contributed by atoms with Gasteiger partial charge in [0.2, 0.25) is 0 Å². The SMILES string of the molecule is CC(C)(N)CNC(=O)c1ccc(COc2cccc(Br)c2)o1. The summed E-state index contributed by atoms with van der Waals surface area (Å²) in [6.45, 7) is 4.31. The molecule has 5 nitrogen and oxygen atoms in total. The van der Waals surface area contributed by atoms with E-state index in [4.69, 9.17) is 14.9 Å². The topological polar surface area (TPSA) is 77.5 Å². The highest BCUT2D eigenvalue weighted by Crippen LogP contribution is 2.19. The summed E-state index contributed by atoms with van der Waals surface area (Å²) in [6, 6.07) is 10.9. The molecule has 0 spiro atoms. The van der Waals surface area contributed by atoms with Crippen LogP contribution in [0.25, 0.3) is 0 Å². The monoisotopic (exact) mass is 366 g/mol. The van der Waals surface area contributed by atoms with Gasteiger partial charge in [0.25, 0.3) is 5.91 Å². The van der Waals surface area contributed by atoms with E-state index in [-0.39, 0.29) is 18.3 Å². The number of ether oxygens (including phenoxy) is 1. The molecule has 1 amide bonds. The summed E-state index contributed by atoms with van der Waals surface area (Å²) in [5.74, 6) is 1.27. The average molecular weight is 367 g/mol. The molecule has 0 radical (unpaired) electrons. The number of halogens is 1. The van der Waals surface area contributed by atoms with E-state index in [1.807, 2.05) is 38.1 Å². The molecule has 0 fully saturated rings. The van der Waals surface area contributed by atoms with Gasteiger partial charge in [-0.05, 0) is 44.2 Å². The van der Waals surface area contributed by atoms with Gasteiger partial charge < -0.3 is 20.2 Å². The molecule has 2 aromatic rings. The highest BCUT2D eigenvalue weighted by molar-refractivity contribution is 9.10. The molecule has 0 aliphatic carbocycles. The Bertz CT molecular complexity index is 647. The van der Waals surface area contributed by atoms with Crippen molar-refractivity contribution in [2.75, 3.05) is 6.54 Å². The molecule has 1 aromatic carbocycles. The molecule has 0 saturated carbocycles. The second kappa shape index (κ2) is 6.98. The number of benzene rings is 1. The van der Waals surface area contributed by atoms with Crippen molar-refractivity contribution in [1.29, 1.82) is 0 Å². The molecule has 118 valence electrons. The summed E-state index contributed by atoms with van der Waals surface area (Å²) in [7, 11) is 0. The van der Waals surface area contributed by atoms with Crippen molar-refractivity contribution in [2.24, 2.45) is 5.73 Å². The standard InChI is InChI=1S/C16H19BrN2O3/c1-16(2,18)10-19-15(20)14-7-6-13(22-14)9-21-12-5-3-4-11(17)8-12/h3-8H,9-10,18H2,1-2H3,(H,19,20). The molecule has 3 N–H and O–H groups in total. The van der Waals surface area contributed by atoms with Gasteiger partial charge in [-0.2, -0.15) is 0 Å². The predicted molar refractivity (Wildman–Crippen MR) is 87.8 cm³/mol. The zero-order chi connectivity index (χ0) is 16.2. The lowest BCUT2D eigenvalue weighted by Gasteiger charge is -2.18. The minimum atomic E-state index is -0.463. The minimum Gasteiger partial charge on any atom is -0.486 e. The lowest BCUT2D eigenvalue weighted by Crippen LogP contribution is -2.45. The second-order valence-corrected chi connectivity index (χ2v) is 6.60. The van der Waals surface area contributed by atoms with E-state index >= 15 is 0 Å². The quantitative estimate of drug-likeness (QED) is 0.823. The molecular formula is C16H19BrN2O3. The largest absolute Gasteiger partial charge is 0.486 e. The van der Waals surface area contributed by atoms with Crippen LogP contribution in [0.4, 0.5) is 0 Å². The number of hydrogen-bond acceptors (Lipinski definition) is 4. The van der Waals surface area contributed by atoms with Crippen molar-refractivity contribution in [3.05, 3.63) is 52.4 Å². The van der Waals surface area contributed by atoms with E-state index in [1.165, 1.54) is 0 Å². The van der Waals surface area contributed by atoms with Crippen molar-refractivity contribution >= 4 is 21.8 Å². The summed E-state index contributed by atoms with van der Waals surface area (Å²) in [4.78, 5) is 11.9. The van der Waals surface area contributed by atoms with Gasteiger partial charge in [-0.1, -0.05) is 22.0 Å². The summed E-state index contributed by atoms with van der Waals surface area (Å²) < 4.78 is 12.0.